The normalized spacial score (nSPS) is 12.6. The maximum absolute atomic E-state index is 12.0. The van der Waals surface area contributed by atoms with E-state index in [1.165, 1.54) is 0 Å². The van der Waals surface area contributed by atoms with Crippen molar-refractivity contribution in [2.75, 3.05) is 13.7 Å². The van der Waals surface area contributed by atoms with Crippen molar-refractivity contribution in [3.8, 4) is 0 Å². The maximum Gasteiger partial charge on any atom is 0.270 e. The summed E-state index contributed by atoms with van der Waals surface area (Å²) < 4.78 is 1.85. The van der Waals surface area contributed by atoms with Gasteiger partial charge >= 0.3 is 0 Å². The maximum atomic E-state index is 12.0. The highest BCUT2D eigenvalue weighted by Gasteiger charge is 2.19. The minimum atomic E-state index is -0.160. The number of carbonyl (C=O) groups is 1. The SMILES string of the molecule is Cc1ccc(C(=O)N(C)C(C)CO)n1C. The average Bonchev–Trinajstić information content (AvgIpc) is 2.56. The second kappa shape index (κ2) is 4.49. The van der Waals surface area contributed by atoms with Gasteiger partial charge in [-0.2, -0.15) is 0 Å². The fourth-order valence-electron chi connectivity index (χ4n) is 1.33. The zero-order valence-electron chi connectivity index (χ0n) is 9.69. The monoisotopic (exact) mass is 210 g/mol. The summed E-state index contributed by atoms with van der Waals surface area (Å²) in [4.78, 5) is 13.5. The molecule has 1 aromatic heterocycles. The van der Waals surface area contributed by atoms with Crippen LogP contribution in [-0.2, 0) is 7.05 Å². The Morgan fingerprint density at radius 3 is 2.60 bits per heavy atom. The van der Waals surface area contributed by atoms with Gasteiger partial charge in [0.1, 0.15) is 5.69 Å². The lowest BCUT2D eigenvalue weighted by atomic mass is 10.3. The Morgan fingerprint density at radius 2 is 2.20 bits per heavy atom. The van der Waals surface area contributed by atoms with E-state index >= 15 is 0 Å². The van der Waals surface area contributed by atoms with Crippen molar-refractivity contribution in [2.24, 2.45) is 7.05 Å². The summed E-state index contributed by atoms with van der Waals surface area (Å²) in [6.07, 6.45) is 0. The van der Waals surface area contributed by atoms with Gasteiger partial charge in [-0.3, -0.25) is 4.79 Å². The zero-order valence-corrected chi connectivity index (χ0v) is 9.69. The molecule has 0 aromatic carbocycles. The molecule has 0 radical (unpaired) electrons. The molecule has 0 saturated heterocycles. The molecule has 1 atom stereocenters. The molecular formula is C11H18N2O2. The smallest absolute Gasteiger partial charge is 0.270 e. The van der Waals surface area contributed by atoms with E-state index in [2.05, 4.69) is 0 Å². The number of hydrogen-bond acceptors (Lipinski definition) is 2. The Hall–Kier alpha value is -1.29. The second-order valence-electron chi connectivity index (χ2n) is 3.87. The molecule has 84 valence electrons. The third kappa shape index (κ3) is 2.21. The minimum Gasteiger partial charge on any atom is -0.394 e. The Morgan fingerprint density at radius 1 is 1.60 bits per heavy atom. The van der Waals surface area contributed by atoms with E-state index in [1.807, 2.05) is 31.5 Å². The first-order chi connectivity index (χ1) is 6.99. The number of carbonyl (C=O) groups excluding carboxylic acids is 1. The number of amides is 1. The third-order valence-electron chi connectivity index (χ3n) is 2.84. The number of likely N-dealkylation sites (N-methyl/N-ethyl adjacent to an activating group) is 1. The molecule has 0 bridgehead atoms. The van der Waals surface area contributed by atoms with Crippen LogP contribution in [0.25, 0.3) is 0 Å². The largest absolute Gasteiger partial charge is 0.394 e. The molecule has 0 aliphatic rings. The molecule has 0 spiro atoms. The first-order valence-corrected chi connectivity index (χ1v) is 4.99. The van der Waals surface area contributed by atoms with E-state index in [-0.39, 0.29) is 18.6 Å². The topological polar surface area (TPSA) is 45.5 Å². The fraction of sp³-hybridized carbons (Fsp3) is 0.545. The molecule has 0 aliphatic heterocycles. The van der Waals surface area contributed by atoms with Gasteiger partial charge in [0, 0.05) is 19.8 Å². The van der Waals surface area contributed by atoms with Crippen LogP contribution in [0.1, 0.15) is 23.1 Å². The summed E-state index contributed by atoms with van der Waals surface area (Å²) in [7, 11) is 3.56. The van der Waals surface area contributed by atoms with Crippen LogP contribution in [0.15, 0.2) is 12.1 Å². The van der Waals surface area contributed by atoms with E-state index in [0.717, 1.165) is 5.69 Å². The Kier molecular flexibility index (Phi) is 3.52. The second-order valence-corrected chi connectivity index (χ2v) is 3.87. The minimum absolute atomic E-state index is 0.0222. The van der Waals surface area contributed by atoms with E-state index in [4.69, 9.17) is 5.11 Å². The number of aryl methyl sites for hydroxylation is 1. The van der Waals surface area contributed by atoms with Crippen molar-refractivity contribution in [1.29, 1.82) is 0 Å². The summed E-state index contributed by atoms with van der Waals surface area (Å²) in [6.45, 7) is 3.74. The number of rotatable bonds is 3. The van der Waals surface area contributed by atoms with Crippen molar-refractivity contribution >= 4 is 5.91 Å². The number of aliphatic hydroxyl groups is 1. The first kappa shape index (κ1) is 11.8. The van der Waals surface area contributed by atoms with Gasteiger partial charge < -0.3 is 14.6 Å². The Balaban J connectivity index is 2.90. The summed E-state index contributed by atoms with van der Waals surface area (Å²) in [5.41, 5.74) is 1.69. The van der Waals surface area contributed by atoms with Crippen LogP contribution in [0.4, 0.5) is 0 Å². The summed E-state index contributed by atoms with van der Waals surface area (Å²) >= 11 is 0. The molecule has 1 amide bonds. The average molecular weight is 210 g/mol. The van der Waals surface area contributed by atoms with Gasteiger partial charge in [0.05, 0.1) is 12.6 Å². The molecule has 0 aliphatic carbocycles. The van der Waals surface area contributed by atoms with Gasteiger partial charge in [0.25, 0.3) is 5.91 Å². The highest BCUT2D eigenvalue weighted by molar-refractivity contribution is 5.93. The molecular weight excluding hydrogens is 192 g/mol. The van der Waals surface area contributed by atoms with Gasteiger partial charge in [-0.15, -0.1) is 0 Å². The Bertz CT molecular complexity index is 357. The molecule has 1 unspecified atom stereocenters. The van der Waals surface area contributed by atoms with Crippen LogP contribution in [-0.4, -0.2) is 40.2 Å². The standard InChI is InChI=1S/C11H18N2O2/c1-8-5-6-10(12(8)3)11(15)13(4)9(2)7-14/h5-6,9,14H,7H2,1-4H3. The Labute approximate surface area is 90.1 Å². The highest BCUT2D eigenvalue weighted by Crippen LogP contribution is 2.10. The lowest BCUT2D eigenvalue weighted by molar-refractivity contribution is 0.0672. The van der Waals surface area contributed by atoms with Crippen LogP contribution in [0, 0.1) is 6.92 Å². The number of aliphatic hydroxyl groups excluding tert-OH is 1. The molecule has 15 heavy (non-hydrogen) atoms. The van der Waals surface area contributed by atoms with Crippen LogP contribution >= 0.6 is 0 Å². The number of aromatic nitrogens is 1. The number of nitrogens with zero attached hydrogens (tertiary/aromatic N) is 2. The quantitative estimate of drug-likeness (QED) is 0.801. The lowest BCUT2D eigenvalue weighted by Crippen LogP contribution is -2.38. The predicted molar refractivity (Wildman–Crippen MR) is 58.8 cm³/mol. The van der Waals surface area contributed by atoms with Gasteiger partial charge in [-0.1, -0.05) is 0 Å². The fourth-order valence-corrected chi connectivity index (χ4v) is 1.33. The van der Waals surface area contributed by atoms with Crippen LogP contribution in [0.5, 0.6) is 0 Å². The van der Waals surface area contributed by atoms with Crippen molar-refractivity contribution in [1.82, 2.24) is 9.47 Å². The molecule has 4 nitrogen and oxygen atoms in total. The van der Waals surface area contributed by atoms with E-state index < -0.39 is 0 Å². The first-order valence-electron chi connectivity index (χ1n) is 4.99. The molecule has 1 heterocycles. The van der Waals surface area contributed by atoms with Crippen molar-refractivity contribution in [2.45, 2.75) is 19.9 Å². The summed E-state index contributed by atoms with van der Waals surface area (Å²) in [6, 6.07) is 3.55. The van der Waals surface area contributed by atoms with Gasteiger partial charge in [-0.25, -0.2) is 0 Å². The van der Waals surface area contributed by atoms with E-state index in [9.17, 15) is 4.79 Å². The number of hydrogen-bond donors (Lipinski definition) is 1. The van der Waals surface area contributed by atoms with Crippen LogP contribution in [0.2, 0.25) is 0 Å². The zero-order chi connectivity index (χ0) is 11.6. The molecule has 1 aromatic rings. The lowest BCUT2D eigenvalue weighted by Gasteiger charge is -2.23. The molecule has 4 heteroatoms. The van der Waals surface area contributed by atoms with Crippen molar-refractivity contribution in [3.63, 3.8) is 0 Å². The summed E-state index contributed by atoms with van der Waals surface area (Å²) in [5.74, 6) is -0.0628. The predicted octanol–water partition coefficient (Wildman–Crippen LogP) is 0.786. The molecule has 1 N–H and O–H groups in total. The molecule has 1 rings (SSSR count). The highest BCUT2D eigenvalue weighted by atomic mass is 16.3. The van der Waals surface area contributed by atoms with Gasteiger partial charge in [0.2, 0.25) is 0 Å². The van der Waals surface area contributed by atoms with Crippen LogP contribution in [0.3, 0.4) is 0 Å². The van der Waals surface area contributed by atoms with E-state index in [1.54, 1.807) is 18.0 Å². The molecule has 0 fully saturated rings. The van der Waals surface area contributed by atoms with Crippen molar-refractivity contribution < 1.29 is 9.90 Å². The van der Waals surface area contributed by atoms with Crippen LogP contribution < -0.4 is 0 Å². The third-order valence-corrected chi connectivity index (χ3v) is 2.84. The summed E-state index contributed by atoms with van der Waals surface area (Å²) in [5, 5.41) is 8.97. The van der Waals surface area contributed by atoms with Gasteiger partial charge in [0.15, 0.2) is 0 Å². The van der Waals surface area contributed by atoms with Gasteiger partial charge in [-0.05, 0) is 26.0 Å². The van der Waals surface area contributed by atoms with E-state index in [0.29, 0.717) is 5.69 Å². The van der Waals surface area contributed by atoms with Crippen molar-refractivity contribution in [3.05, 3.63) is 23.5 Å². The molecule has 0 saturated carbocycles.